The lowest BCUT2D eigenvalue weighted by atomic mass is 10.0. The molecule has 0 aromatic heterocycles. The lowest BCUT2D eigenvalue weighted by Crippen LogP contribution is -2.11. The Balaban J connectivity index is 2.68. The van der Waals surface area contributed by atoms with Gasteiger partial charge in [0, 0.05) is 11.8 Å². The summed E-state index contributed by atoms with van der Waals surface area (Å²) in [5, 5.41) is 8.96. The molecule has 0 aliphatic heterocycles. The molecule has 0 aliphatic carbocycles. The normalized spacial score (nSPS) is 11.8. The summed E-state index contributed by atoms with van der Waals surface area (Å²) in [5.74, 6) is 1.15. The third kappa shape index (κ3) is 3.99. The largest absolute Gasteiger partial charge is 0.492 e. The topological polar surface area (TPSA) is 59.0 Å². The van der Waals surface area contributed by atoms with Crippen molar-refractivity contribution in [3.05, 3.63) is 23.8 Å². The molecule has 92 valence electrons. The monoisotopic (exact) mass is 232 g/mol. The van der Waals surface area contributed by atoms with Crippen LogP contribution in [0.4, 0.5) is 5.69 Å². The summed E-state index contributed by atoms with van der Waals surface area (Å²) in [5.41, 5.74) is 6.86. The predicted octanol–water partition coefficient (Wildman–Crippen LogP) is 3.35. The van der Waals surface area contributed by atoms with Crippen LogP contribution < -0.4 is 10.5 Å². The van der Waals surface area contributed by atoms with E-state index in [1.54, 1.807) is 18.2 Å². The van der Waals surface area contributed by atoms with Gasteiger partial charge in [-0.05, 0) is 24.5 Å². The summed E-state index contributed by atoms with van der Waals surface area (Å²) in [4.78, 5) is 0. The molecule has 0 saturated heterocycles. The van der Waals surface area contributed by atoms with Crippen LogP contribution in [-0.2, 0) is 0 Å². The minimum atomic E-state index is 0.547. The van der Waals surface area contributed by atoms with Gasteiger partial charge in [-0.25, -0.2) is 0 Å². The number of hydrogen-bond donors (Lipinski definition) is 1. The average molecular weight is 232 g/mol. The highest BCUT2D eigenvalue weighted by Gasteiger charge is 2.09. The minimum absolute atomic E-state index is 0.547. The van der Waals surface area contributed by atoms with E-state index in [1.807, 2.05) is 0 Å². The zero-order chi connectivity index (χ0) is 12.7. The standard InChI is InChI=1S/C14H20N2O/c1-3-5-11(4-2)10-17-14-8-13(16)7-6-12(14)9-15/h6-8,11H,3-5,10,16H2,1-2H3. The van der Waals surface area contributed by atoms with Crippen LogP contribution >= 0.6 is 0 Å². The lowest BCUT2D eigenvalue weighted by molar-refractivity contribution is 0.235. The van der Waals surface area contributed by atoms with Gasteiger partial charge in [0.2, 0.25) is 0 Å². The maximum absolute atomic E-state index is 8.96. The van der Waals surface area contributed by atoms with Crippen LogP contribution in [-0.4, -0.2) is 6.61 Å². The SMILES string of the molecule is CCCC(CC)COc1cc(N)ccc1C#N. The highest BCUT2D eigenvalue weighted by Crippen LogP contribution is 2.22. The molecule has 0 amide bonds. The highest BCUT2D eigenvalue weighted by molar-refractivity contribution is 5.52. The molecule has 3 heteroatoms. The van der Waals surface area contributed by atoms with Crippen LogP contribution in [0, 0.1) is 17.2 Å². The molecule has 0 heterocycles. The molecule has 0 bridgehead atoms. The maximum Gasteiger partial charge on any atom is 0.139 e. The Hall–Kier alpha value is -1.69. The van der Waals surface area contributed by atoms with E-state index in [0.29, 0.717) is 29.5 Å². The van der Waals surface area contributed by atoms with Gasteiger partial charge in [-0.3, -0.25) is 0 Å². The zero-order valence-corrected chi connectivity index (χ0v) is 10.6. The molecule has 1 aromatic carbocycles. The maximum atomic E-state index is 8.96. The van der Waals surface area contributed by atoms with Crippen LogP contribution in [0.5, 0.6) is 5.75 Å². The predicted molar refractivity (Wildman–Crippen MR) is 69.8 cm³/mol. The van der Waals surface area contributed by atoms with Crippen molar-refractivity contribution < 1.29 is 4.74 Å². The van der Waals surface area contributed by atoms with E-state index in [1.165, 1.54) is 0 Å². The van der Waals surface area contributed by atoms with Gasteiger partial charge in [0.1, 0.15) is 11.8 Å². The summed E-state index contributed by atoms with van der Waals surface area (Å²) in [6.45, 7) is 4.99. The van der Waals surface area contributed by atoms with Crippen molar-refractivity contribution in [2.24, 2.45) is 5.92 Å². The number of rotatable bonds is 6. The van der Waals surface area contributed by atoms with Crippen molar-refractivity contribution in [2.75, 3.05) is 12.3 Å². The first-order valence-electron chi connectivity index (χ1n) is 6.13. The van der Waals surface area contributed by atoms with Gasteiger partial charge in [-0.2, -0.15) is 5.26 Å². The number of benzene rings is 1. The number of ether oxygens (including phenoxy) is 1. The summed E-state index contributed by atoms with van der Waals surface area (Å²) in [6.07, 6.45) is 3.41. The average Bonchev–Trinajstić information content (AvgIpc) is 2.34. The van der Waals surface area contributed by atoms with Gasteiger partial charge in [0.05, 0.1) is 12.2 Å². The first-order valence-corrected chi connectivity index (χ1v) is 6.13. The van der Waals surface area contributed by atoms with Crippen LogP contribution in [0.3, 0.4) is 0 Å². The smallest absolute Gasteiger partial charge is 0.139 e. The van der Waals surface area contributed by atoms with Crippen LogP contribution in [0.2, 0.25) is 0 Å². The molecule has 1 unspecified atom stereocenters. The lowest BCUT2D eigenvalue weighted by Gasteiger charge is -2.15. The molecule has 1 rings (SSSR count). The third-order valence-electron chi connectivity index (χ3n) is 2.87. The number of nitrogens with two attached hydrogens (primary N) is 1. The van der Waals surface area contributed by atoms with Crippen molar-refractivity contribution in [3.8, 4) is 11.8 Å². The van der Waals surface area contributed by atoms with Crippen molar-refractivity contribution in [3.63, 3.8) is 0 Å². The Morgan fingerprint density at radius 2 is 2.18 bits per heavy atom. The molecule has 1 atom stereocenters. The number of anilines is 1. The second-order valence-corrected chi connectivity index (χ2v) is 4.24. The van der Waals surface area contributed by atoms with Gasteiger partial charge < -0.3 is 10.5 Å². The summed E-state index contributed by atoms with van der Waals surface area (Å²) in [7, 11) is 0. The number of nitriles is 1. The van der Waals surface area contributed by atoms with E-state index < -0.39 is 0 Å². The highest BCUT2D eigenvalue weighted by atomic mass is 16.5. The molecule has 0 spiro atoms. The van der Waals surface area contributed by atoms with Crippen LogP contribution in [0.25, 0.3) is 0 Å². The van der Waals surface area contributed by atoms with Crippen molar-refractivity contribution in [1.82, 2.24) is 0 Å². The summed E-state index contributed by atoms with van der Waals surface area (Å²) >= 11 is 0. The van der Waals surface area contributed by atoms with E-state index in [2.05, 4.69) is 19.9 Å². The van der Waals surface area contributed by atoms with Crippen LogP contribution in [0.1, 0.15) is 38.7 Å². The van der Waals surface area contributed by atoms with E-state index >= 15 is 0 Å². The van der Waals surface area contributed by atoms with E-state index in [0.717, 1.165) is 19.3 Å². The number of nitrogens with zero attached hydrogens (tertiary/aromatic N) is 1. The summed E-state index contributed by atoms with van der Waals surface area (Å²) < 4.78 is 5.71. The second-order valence-electron chi connectivity index (χ2n) is 4.24. The second kappa shape index (κ2) is 6.80. The molecular weight excluding hydrogens is 212 g/mol. The fourth-order valence-corrected chi connectivity index (χ4v) is 1.77. The first kappa shape index (κ1) is 13.4. The van der Waals surface area contributed by atoms with Gasteiger partial charge in [-0.1, -0.05) is 26.7 Å². The fourth-order valence-electron chi connectivity index (χ4n) is 1.77. The Morgan fingerprint density at radius 3 is 2.76 bits per heavy atom. The first-order chi connectivity index (χ1) is 8.21. The third-order valence-corrected chi connectivity index (χ3v) is 2.87. The zero-order valence-electron chi connectivity index (χ0n) is 10.6. The van der Waals surface area contributed by atoms with E-state index in [-0.39, 0.29) is 0 Å². The van der Waals surface area contributed by atoms with Crippen molar-refractivity contribution >= 4 is 5.69 Å². The van der Waals surface area contributed by atoms with Crippen LogP contribution in [0.15, 0.2) is 18.2 Å². The fraction of sp³-hybridized carbons (Fsp3) is 0.500. The van der Waals surface area contributed by atoms with Gasteiger partial charge in [0.25, 0.3) is 0 Å². The summed E-state index contributed by atoms with van der Waals surface area (Å²) in [6, 6.07) is 7.25. The van der Waals surface area contributed by atoms with Crippen molar-refractivity contribution in [1.29, 1.82) is 5.26 Å². The Kier molecular flexibility index (Phi) is 5.35. The quantitative estimate of drug-likeness (QED) is 0.765. The van der Waals surface area contributed by atoms with E-state index in [4.69, 9.17) is 15.7 Å². The molecular formula is C14H20N2O. The Bertz CT molecular complexity index is 396. The van der Waals surface area contributed by atoms with Gasteiger partial charge >= 0.3 is 0 Å². The molecule has 3 nitrogen and oxygen atoms in total. The Morgan fingerprint density at radius 1 is 1.41 bits per heavy atom. The molecule has 0 aliphatic rings. The number of nitrogen functional groups attached to an aromatic ring is 1. The molecule has 17 heavy (non-hydrogen) atoms. The minimum Gasteiger partial charge on any atom is -0.492 e. The molecule has 2 N–H and O–H groups in total. The van der Waals surface area contributed by atoms with Gasteiger partial charge in [0.15, 0.2) is 0 Å². The molecule has 1 aromatic rings. The molecule has 0 saturated carbocycles. The van der Waals surface area contributed by atoms with E-state index in [9.17, 15) is 0 Å². The molecule has 0 fully saturated rings. The Labute approximate surface area is 103 Å². The molecule has 0 radical (unpaired) electrons. The van der Waals surface area contributed by atoms with Gasteiger partial charge in [-0.15, -0.1) is 0 Å². The van der Waals surface area contributed by atoms with Crippen molar-refractivity contribution in [2.45, 2.75) is 33.1 Å². The number of hydrogen-bond acceptors (Lipinski definition) is 3.